The number of para-hydroxylation sites is 1. The molecule has 146 valence electrons. The zero-order chi connectivity index (χ0) is 19.5. The highest BCUT2D eigenvalue weighted by Crippen LogP contribution is 2.41. The highest BCUT2D eigenvalue weighted by molar-refractivity contribution is 6.36. The summed E-state index contributed by atoms with van der Waals surface area (Å²) in [5.74, 6) is 0.503. The lowest BCUT2D eigenvalue weighted by Gasteiger charge is -2.21. The van der Waals surface area contributed by atoms with Crippen molar-refractivity contribution in [3.05, 3.63) is 64.7 Å². The van der Waals surface area contributed by atoms with Gasteiger partial charge in [-0.2, -0.15) is 0 Å². The van der Waals surface area contributed by atoms with Crippen LogP contribution >= 0.6 is 0 Å². The number of rotatable bonds is 7. The lowest BCUT2D eigenvalue weighted by Crippen LogP contribution is -2.28. The second-order valence-electron chi connectivity index (χ2n) is 7.06. The molecule has 4 rings (SSSR count). The summed E-state index contributed by atoms with van der Waals surface area (Å²) in [7, 11) is 0. The third kappa shape index (κ3) is 3.54. The van der Waals surface area contributed by atoms with Crippen molar-refractivity contribution in [3.63, 3.8) is 0 Å². The molecule has 2 heterocycles. The Morgan fingerprint density at radius 1 is 1.04 bits per heavy atom. The molecule has 3 N–H and O–H groups in total. The minimum atomic E-state index is -0.133. The van der Waals surface area contributed by atoms with Crippen molar-refractivity contribution in [1.82, 2.24) is 4.90 Å². The van der Waals surface area contributed by atoms with Crippen molar-refractivity contribution in [3.8, 4) is 0 Å². The smallest absolute Gasteiger partial charge is 0.260 e. The van der Waals surface area contributed by atoms with Gasteiger partial charge in [0.05, 0.1) is 12.2 Å². The predicted molar refractivity (Wildman–Crippen MR) is 107 cm³/mol. The average molecular weight is 380 g/mol. The van der Waals surface area contributed by atoms with E-state index >= 15 is 0 Å². The number of aliphatic hydroxyl groups is 2. The van der Waals surface area contributed by atoms with Gasteiger partial charge in [0.15, 0.2) is 0 Å². The minimum absolute atomic E-state index is 0.0875. The fourth-order valence-corrected chi connectivity index (χ4v) is 3.83. The molecule has 0 saturated heterocycles. The van der Waals surface area contributed by atoms with Crippen LogP contribution in [-0.4, -0.2) is 47.3 Å². The van der Waals surface area contributed by atoms with Crippen molar-refractivity contribution < 1.29 is 19.7 Å². The Bertz CT molecular complexity index is 923. The van der Waals surface area contributed by atoms with Crippen LogP contribution in [-0.2, 0) is 22.7 Å². The summed E-state index contributed by atoms with van der Waals surface area (Å²) in [6.07, 6.45) is 0.679. The molecule has 0 atom stereocenters. The maximum atomic E-state index is 12.5. The van der Waals surface area contributed by atoms with Crippen LogP contribution in [0.25, 0.3) is 11.3 Å². The van der Waals surface area contributed by atoms with Gasteiger partial charge in [-0.05, 0) is 18.1 Å². The van der Waals surface area contributed by atoms with Gasteiger partial charge in [-0.25, -0.2) is 0 Å². The monoisotopic (exact) mass is 380 g/mol. The summed E-state index contributed by atoms with van der Waals surface area (Å²) in [6.45, 7) is 2.67. The molecule has 0 bridgehead atoms. The molecular formula is C22H24N2O4. The van der Waals surface area contributed by atoms with Gasteiger partial charge in [0.2, 0.25) is 0 Å². The van der Waals surface area contributed by atoms with Gasteiger partial charge in [-0.3, -0.25) is 9.69 Å². The molecule has 2 aliphatic rings. The lowest BCUT2D eigenvalue weighted by atomic mass is 9.99. The Balaban J connectivity index is 1.62. The van der Waals surface area contributed by atoms with Gasteiger partial charge in [-0.1, -0.05) is 36.4 Å². The molecule has 0 aromatic heterocycles. The highest BCUT2D eigenvalue weighted by Gasteiger charge is 2.32. The van der Waals surface area contributed by atoms with Gasteiger partial charge in [0.25, 0.3) is 5.91 Å². The summed E-state index contributed by atoms with van der Waals surface area (Å²) in [4.78, 5) is 14.6. The van der Waals surface area contributed by atoms with Gasteiger partial charge in [0.1, 0.15) is 12.4 Å². The summed E-state index contributed by atoms with van der Waals surface area (Å²) in [5, 5.41) is 21.2. The van der Waals surface area contributed by atoms with Gasteiger partial charge in [-0.15, -0.1) is 0 Å². The first-order valence-electron chi connectivity index (χ1n) is 9.55. The number of benzene rings is 2. The van der Waals surface area contributed by atoms with Crippen molar-refractivity contribution >= 4 is 22.9 Å². The first-order valence-corrected chi connectivity index (χ1v) is 9.55. The van der Waals surface area contributed by atoms with E-state index < -0.39 is 0 Å². The Labute approximate surface area is 164 Å². The largest absolute Gasteiger partial charge is 0.487 e. The number of carbonyl (C=O) groups is 1. The second-order valence-corrected chi connectivity index (χ2v) is 7.06. The third-order valence-corrected chi connectivity index (χ3v) is 5.14. The average Bonchev–Trinajstić information content (AvgIpc) is 3.25. The van der Waals surface area contributed by atoms with Crippen molar-refractivity contribution in [2.24, 2.45) is 0 Å². The molecule has 0 radical (unpaired) electrons. The summed E-state index contributed by atoms with van der Waals surface area (Å²) >= 11 is 0. The molecule has 1 amide bonds. The maximum Gasteiger partial charge on any atom is 0.260 e. The van der Waals surface area contributed by atoms with E-state index in [1.54, 1.807) is 0 Å². The van der Waals surface area contributed by atoms with Crippen LogP contribution in [0.5, 0.6) is 0 Å². The standard InChI is InChI=1S/C22H24N2O4/c25-10-3-8-24(9-11-26)13-15-6-7-17-16(12-15)14-28-21(17)20-18-4-1-2-5-19(18)23-22(20)27/h1-2,4-7,12,25-26H,3,8-11,13-14H2,(H,23,27)/b21-20+. The Hall–Kier alpha value is -2.67. The first-order chi connectivity index (χ1) is 13.7. The van der Waals surface area contributed by atoms with E-state index in [-0.39, 0.29) is 19.1 Å². The van der Waals surface area contributed by atoms with Crippen molar-refractivity contribution in [2.75, 3.05) is 31.6 Å². The minimum Gasteiger partial charge on any atom is -0.487 e. The molecule has 0 spiro atoms. The van der Waals surface area contributed by atoms with Crippen LogP contribution in [0.15, 0.2) is 42.5 Å². The maximum absolute atomic E-state index is 12.5. The van der Waals surface area contributed by atoms with Gasteiger partial charge in [0, 0.05) is 48.6 Å². The zero-order valence-corrected chi connectivity index (χ0v) is 15.6. The number of nitrogens with one attached hydrogen (secondary N) is 1. The van der Waals surface area contributed by atoms with Gasteiger partial charge < -0.3 is 20.3 Å². The molecule has 0 unspecified atom stereocenters. The van der Waals surface area contributed by atoms with E-state index in [0.29, 0.717) is 37.4 Å². The molecule has 2 aromatic carbocycles. The predicted octanol–water partition coefficient (Wildman–Crippen LogP) is 2.21. The van der Waals surface area contributed by atoms with Crippen LogP contribution in [0, 0.1) is 0 Å². The number of ether oxygens (including phenoxy) is 1. The van der Waals surface area contributed by atoms with E-state index in [0.717, 1.165) is 34.5 Å². The Morgan fingerprint density at radius 2 is 1.89 bits per heavy atom. The number of nitrogens with zero attached hydrogens (tertiary/aromatic N) is 1. The quantitative estimate of drug-likeness (QED) is 0.642. The highest BCUT2D eigenvalue weighted by atomic mass is 16.5. The zero-order valence-electron chi connectivity index (χ0n) is 15.6. The topological polar surface area (TPSA) is 82.0 Å². The van der Waals surface area contributed by atoms with Crippen LogP contribution in [0.1, 0.15) is 28.7 Å². The summed E-state index contributed by atoms with van der Waals surface area (Å²) < 4.78 is 5.94. The molecule has 6 heteroatoms. The number of anilines is 1. The number of hydrogen-bond acceptors (Lipinski definition) is 5. The molecular weight excluding hydrogens is 356 g/mol. The Kier molecular flexibility index (Phi) is 5.43. The molecule has 0 aliphatic carbocycles. The normalized spacial score (nSPS) is 17.5. The summed E-state index contributed by atoms with van der Waals surface area (Å²) in [5.41, 5.74) is 5.41. The van der Waals surface area contributed by atoms with E-state index in [1.807, 2.05) is 36.4 Å². The summed E-state index contributed by atoms with van der Waals surface area (Å²) in [6, 6.07) is 13.8. The number of hydrogen-bond donors (Lipinski definition) is 3. The second kappa shape index (κ2) is 8.14. The van der Waals surface area contributed by atoms with E-state index in [2.05, 4.69) is 16.3 Å². The van der Waals surface area contributed by atoms with Crippen LogP contribution < -0.4 is 5.32 Å². The number of amides is 1. The molecule has 0 fully saturated rings. The fraction of sp³-hybridized carbons (Fsp3) is 0.318. The van der Waals surface area contributed by atoms with Crippen LogP contribution in [0.4, 0.5) is 5.69 Å². The first kappa shape index (κ1) is 18.7. The molecule has 2 aromatic rings. The Morgan fingerprint density at radius 3 is 2.71 bits per heavy atom. The third-order valence-electron chi connectivity index (χ3n) is 5.14. The molecule has 2 aliphatic heterocycles. The SMILES string of the molecule is O=C1Nc2ccccc2/C1=C1\OCc2cc(CN(CCO)CCCO)ccc21. The fourth-order valence-electron chi connectivity index (χ4n) is 3.83. The number of aliphatic hydroxyl groups excluding tert-OH is 2. The molecule has 0 saturated carbocycles. The lowest BCUT2D eigenvalue weighted by molar-refractivity contribution is -0.110. The van der Waals surface area contributed by atoms with Gasteiger partial charge >= 0.3 is 0 Å². The van der Waals surface area contributed by atoms with E-state index in [9.17, 15) is 9.90 Å². The molecule has 28 heavy (non-hydrogen) atoms. The van der Waals surface area contributed by atoms with Crippen LogP contribution in [0.3, 0.4) is 0 Å². The molecule has 6 nitrogen and oxygen atoms in total. The van der Waals surface area contributed by atoms with E-state index in [1.165, 1.54) is 0 Å². The number of fused-ring (bicyclic) bond motifs is 2. The van der Waals surface area contributed by atoms with Crippen molar-refractivity contribution in [1.29, 1.82) is 0 Å². The van der Waals surface area contributed by atoms with Crippen molar-refractivity contribution in [2.45, 2.75) is 19.6 Å². The van der Waals surface area contributed by atoms with Crippen LogP contribution in [0.2, 0.25) is 0 Å². The van der Waals surface area contributed by atoms with E-state index in [4.69, 9.17) is 9.84 Å². The number of carbonyl (C=O) groups excluding carboxylic acids is 1.